The van der Waals surface area contributed by atoms with Crippen molar-refractivity contribution in [3.63, 3.8) is 0 Å². The summed E-state index contributed by atoms with van der Waals surface area (Å²) in [7, 11) is 1.58. The summed E-state index contributed by atoms with van der Waals surface area (Å²) in [6, 6.07) is 16.5. The number of nitrogens with zero attached hydrogens (tertiary/aromatic N) is 1. The van der Waals surface area contributed by atoms with Crippen LogP contribution in [0.1, 0.15) is 21.7 Å². The molecule has 0 saturated carbocycles. The second-order valence-electron chi connectivity index (χ2n) is 5.27. The molecule has 0 bridgehead atoms. The molecule has 0 unspecified atom stereocenters. The van der Waals surface area contributed by atoms with Crippen molar-refractivity contribution >= 4 is 23.2 Å². The number of methoxy groups -OCH3 is 1. The van der Waals surface area contributed by atoms with Crippen LogP contribution in [0.2, 0.25) is 5.02 Å². The Labute approximate surface area is 144 Å². The Morgan fingerprint density at radius 3 is 2.75 bits per heavy atom. The van der Waals surface area contributed by atoms with Crippen molar-refractivity contribution in [2.45, 2.75) is 6.42 Å². The number of benzene rings is 2. The molecule has 2 N–H and O–H groups in total. The molecular weight excluding hydrogens is 326 g/mol. The largest absolute Gasteiger partial charge is 0.497 e. The molecule has 6 heteroatoms. The number of ether oxygens (including phenoxy) is 1. The number of rotatable bonds is 5. The lowest BCUT2D eigenvalue weighted by atomic mass is 10.1. The molecule has 3 aromatic rings. The lowest BCUT2D eigenvalue weighted by Crippen LogP contribution is -2.12. The van der Waals surface area contributed by atoms with Crippen LogP contribution in [0.3, 0.4) is 0 Å². The molecule has 0 spiro atoms. The number of aromatic nitrogens is 2. The van der Waals surface area contributed by atoms with E-state index in [0.29, 0.717) is 28.6 Å². The highest BCUT2D eigenvalue weighted by Gasteiger charge is 2.11. The number of H-pyrrole nitrogens is 1. The highest BCUT2D eigenvalue weighted by molar-refractivity contribution is 6.30. The maximum atomic E-state index is 12.3. The third-order valence-corrected chi connectivity index (χ3v) is 3.75. The average Bonchev–Trinajstić information content (AvgIpc) is 3.06. The summed E-state index contributed by atoms with van der Waals surface area (Å²) in [5.74, 6) is 0.403. The molecule has 0 atom stereocenters. The molecule has 1 aromatic heterocycles. The van der Waals surface area contributed by atoms with Gasteiger partial charge in [-0.2, -0.15) is 5.10 Å². The summed E-state index contributed by atoms with van der Waals surface area (Å²) in [5, 5.41) is 10.5. The van der Waals surface area contributed by atoms with Gasteiger partial charge in [0.2, 0.25) is 0 Å². The van der Waals surface area contributed by atoms with Crippen molar-refractivity contribution in [1.82, 2.24) is 10.2 Å². The second-order valence-corrected chi connectivity index (χ2v) is 5.70. The summed E-state index contributed by atoms with van der Waals surface area (Å²) in [4.78, 5) is 12.3. The van der Waals surface area contributed by atoms with Crippen LogP contribution >= 0.6 is 11.6 Å². The predicted octanol–water partition coefficient (Wildman–Crippen LogP) is 3.91. The topological polar surface area (TPSA) is 67.0 Å². The van der Waals surface area contributed by atoms with Crippen LogP contribution in [0.5, 0.6) is 5.75 Å². The normalized spacial score (nSPS) is 10.4. The maximum Gasteiger partial charge on any atom is 0.276 e. The minimum Gasteiger partial charge on any atom is -0.497 e. The number of anilines is 1. The van der Waals surface area contributed by atoms with Crippen LogP contribution in [0.4, 0.5) is 5.69 Å². The lowest BCUT2D eigenvalue weighted by molar-refractivity contribution is 0.102. The van der Waals surface area contributed by atoms with E-state index < -0.39 is 0 Å². The van der Waals surface area contributed by atoms with E-state index in [1.807, 2.05) is 36.4 Å². The molecule has 1 amide bonds. The summed E-state index contributed by atoms with van der Waals surface area (Å²) in [5.41, 5.74) is 2.93. The van der Waals surface area contributed by atoms with Crippen LogP contribution in [0.15, 0.2) is 54.6 Å². The monoisotopic (exact) mass is 341 g/mol. The van der Waals surface area contributed by atoms with Gasteiger partial charge < -0.3 is 10.1 Å². The molecule has 0 aliphatic carbocycles. The predicted molar refractivity (Wildman–Crippen MR) is 93.8 cm³/mol. The number of carbonyl (C=O) groups excluding carboxylic acids is 1. The van der Waals surface area contributed by atoms with Gasteiger partial charge in [0.15, 0.2) is 5.69 Å². The Kier molecular flexibility index (Phi) is 4.82. The van der Waals surface area contributed by atoms with Crippen molar-refractivity contribution < 1.29 is 9.53 Å². The maximum absolute atomic E-state index is 12.3. The SMILES string of the molecule is COc1cccc(NC(=O)c2cc(Cc3ccc(Cl)cc3)[nH]n2)c1. The number of amides is 1. The zero-order valence-electron chi connectivity index (χ0n) is 13.0. The molecule has 0 aliphatic rings. The van der Waals surface area contributed by atoms with Gasteiger partial charge in [-0.05, 0) is 35.9 Å². The molecule has 2 aromatic carbocycles. The first-order valence-electron chi connectivity index (χ1n) is 7.38. The first kappa shape index (κ1) is 16.1. The Bertz CT molecular complexity index is 843. The van der Waals surface area contributed by atoms with Crippen molar-refractivity contribution in [2.24, 2.45) is 0 Å². The van der Waals surface area contributed by atoms with Gasteiger partial charge in [0.05, 0.1) is 7.11 Å². The molecule has 3 rings (SSSR count). The van der Waals surface area contributed by atoms with E-state index in [4.69, 9.17) is 16.3 Å². The fourth-order valence-corrected chi connectivity index (χ4v) is 2.41. The summed E-state index contributed by atoms with van der Waals surface area (Å²) >= 11 is 5.88. The fourth-order valence-electron chi connectivity index (χ4n) is 2.29. The van der Waals surface area contributed by atoms with Gasteiger partial charge in [0, 0.05) is 28.9 Å². The molecule has 0 saturated heterocycles. The molecule has 24 heavy (non-hydrogen) atoms. The van der Waals surface area contributed by atoms with E-state index in [-0.39, 0.29) is 5.91 Å². The second kappa shape index (κ2) is 7.19. The number of halogens is 1. The van der Waals surface area contributed by atoms with Crippen molar-refractivity contribution in [1.29, 1.82) is 0 Å². The zero-order chi connectivity index (χ0) is 16.9. The molecular formula is C18H16ClN3O2. The van der Waals surface area contributed by atoms with Crippen LogP contribution in [0.25, 0.3) is 0 Å². The highest BCUT2D eigenvalue weighted by atomic mass is 35.5. The zero-order valence-corrected chi connectivity index (χ0v) is 13.8. The van der Waals surface area contributed by atoms with Crippen LogP contribution in [-0.4, -0.2) is 23.2 Å². The van der Waals surface area contributed by atoms with Crippen LogP contribution in [0, 0.1) is 0 Å². The van der Waals surface area contributed by atoms with Gasteiger partial charge in [-0.3, -0.25) is 9.89 Å². The van der Waals surface area contributed by atoms with Gasteiger partial charge >= 0.3 is 0 Å². The first-order valence-corrected chi connectivity index (χ1v) is 7.76. The smallest absolute Gasteiger partial charge is 0.276 e. The number of carbonyl (C=O) groups is 1. The Balaban J connectivity index is 1.67. The highest BCUT2D eigenvalue weighted by Crippen LogP contribution is 2.18. The Morgan fingerprint density at radius 2 is 2.00 bits per heavy atom. The van der Waals surface area contributed by atoms with E-state index in [0.717, 1.165) is 11.3 Å². The number of nitrogens with one attached hydrogen (secondary N) is 2. The van der Waals surface area contributed by atoms with E-state index in [1.165, 1.54) is 0 Å². The van der Waals surface area contributed by atoms with Crippen LogP contribution in [-0.2, 0) is 6.42 Å². The molecule has 122 valence electrons. The van der Waals surface area contributed by atoms with E-state index in [2.05, 4.69) is 15.5 Å². The van der Waals surface area contributed by atoms with Gasteiger partial charge in [0.25, 0.3) is 5.91 Å². The summed E-state index contributed by atoms with van der Waals surface area (Å²) < 4.78 is 5.14. The van der Waals surface area contributed by atoms with Crippen molar-refractivity contribution in [2.75, 3.05) is 12.4 Å². The fraction of sp³-hybridized carbons (Fsp3) is 0.111. The minimum atomic E-state index is -0.276. The van der Waals surface area contributed by atoms with Gasteiger partial charge in [-0.1, -0.05) is 29.8 Å². The van der Waals surface area contributed by atoms with Gasteiger partial charge in [0.1, 0.15) is 5.75 Å². The van der Waals surface area contributed by atoms with Gasteiger partial charge in [-0.25, -0.2) is 0 Å². The standard InChI is InChI=1S/C18H16ClN3O2/c1-24-16-4-2-3-14(10-16)20-18(23)17-11-15(21-22-17)9-12-5-7-13(19)8-6-12/h2-8,10-11H,9H2,1H3,(H,20,23)(H,21,22). The summed E-state index contributed by atoms with van der Waals surface area (Å²) in [6.45, 7) is 0. The number of hydrogen-bond donors (Lipinski definition) is 2. The number of hydrogen-bond acceptors (Lipinski definition) is 3. The van der Waals surface area contributed by atoms with Crippen molar-refractivity contribution in [3.05, 3.63) is 76.6 Å². The quantitative estimate of drug-likeness (QED) is 0.739. The minimum absolute atomic E-state index is 0.276. The van der Waals surface area contributed by atoms with Crippen molar-refractivity contribution in [3.8, 4) is 5.75 Å². The third kappa shape index (κ3) is 3.94. The molecule has 1 heterocycles. The molecule has 5 nitrogen and oxygen atoms in total. The van der Waals surface area contributed by atoms with Gasteiger partial charge in [-0.15, -0.1) is 0 Å². The van der Waals surface area contributed by atoms with E-state index >= 15 is 0 Å². The molecule has 0 aliphatic heterocycles. The molecule has 0 fully saturated rings. The van der Waals surface area contributed by atoms with E-state index in [1.54, 1.807) is 25.3 Å². The first-order chi connectivity index (χ1) is 11.6. The summed E-state index contributed by atoms with van der Waals surface area (Å²) in [6.07, 6.45) is 0.649. The Morgan fingerprint density at radius 1 is 1.21 bits per heavy atom. The molecule has 0 radical (unpaired) electrons. The Hall–Kier alpha value is -2.79. The number of aromatic amines is 1. The van der Waals surface area contributed by atoms with Crippen LogP contribution < -0.4 is 10.1 Å². The lowest BCUT2D eigenvalue weighted by Gasteiger charge is -2.05. The average molecular weight is 342 g/mol. The van der Waals surface area contributed by atoms with E-state index in [9.17, 15) is 4.79 Å². The third-order valence-electron chi connectivity index (χ3n) is 3.50.